The summed E-state index contributed by atoms with van der Waals surface area (Å²) in [7, 11) is 1.59. The highest BCUT2D eigenvalue weighted by Gasteiger charge is 2.12. The van der Waals surface area contributed by atoms with Crippen LogP contribution in [0.1, 0.15) is 11.9 Å². The Morgan fingerprint density at radius 2 is 2.00 bits per heavy atom. The van der Waals surface area contributed by atoms with Crippen molar-refractivity contribution in [3.05, 3.63) is 29.3 Å². The molecule has 0 aliphatic rings. The molecule has 1 aromatic carbocycles. The molecule has 0 saturated carbocycles. The summed E-state index contributed by atoms with van der Waals surface area (Å²) in [5.74, 6) is 0.316. The summed E-state index contributed by atoms with van der Waals surface area (Å²) >= 11 is 6.39. The minimum Gasteiger partial charge on any atom is -0.497 e. The number of hydrogen-bond donors (Lipinski definition) is 2. The summed E-state index contributed by atoms with van der Waals surface area (Å²) in [6.45, 7) is 1.97. The average molecular weight is 322 g/mol. The molecule has 110 valence electrons. The summed E-state index contributed by atoms with van der Waals surface area (Å²) < 4.78 is 5.06. The second-order valence-corrected chi connectivity index (χ2v) is 5.46. The Labute approximate surface area is 131 Å². The molecule has 1 heterocycles. The van der Waals surface area contributed by atoms with Crippen molar-refractivity contribution in [2.45, 2.75) is 13.3 Å². The minimum absolute atomic E-state index is 0.0633. The monoisotopic (exact) mass is 322 g/mol. The van der Waals surface area contributed by atoms with Crippen LogP contribution in [0, 0.1) is 0 Å². The third-order valence-corrected chi connectivity index (χ3v) is 3.81. The van der Waals surface area contributed by atoms with E-state index >= 15 is 0 Å². The van der Waals surface area contributed by atoms with Crippen LogP contribution in [0.25, 0.3) is 0 Å². The summed E-state index contributed by atoms with van der Waals surface area (Å²) in [4.78, 5) is 12.0. The van der Waals surface area contributed by atoms with Crippen molar-refractivity contribution >= 4 is 45.3 Å². The second-order valence-electron chi connectivity index (χ2n) is 3.99. The Kier molecular flexibility index (Phi) is 5.18. The first kappa shape index (κ1) is 15.3. The molecular weight excluding hydrogens is 308 g/mol. The van der Waals surface area contributed by atoms with Crippen LogP contribution in [0.2, 0.25) is 0 Å². The zero-order valence-corrected chi connectivity index (χ0v) is 13.2. The Morgan fingerprint density at radius 3 is 2.57 bits per heavy atom. The number of carbonyl (C=O) groups is 1. The smallest absolute Gasteiger partial charge is 0.285 e. The van der Waals surface area contributed by atoms with E-state index in [1.165, 1.54) is 11.3 Å². The summed E-state index contributed by atoms with van der Waals surface area (Å²) in [5, 5.41) is 14.6. The topological polar surface area (TPSA) is 76.1 Å². The lowest BCUT2D eigenvalue weighted by Gasteiger charge is -2.07. The van der Waals surface area contributed by atoms with Crippen LogP contribution in [-0.2, 0) is 11.2 Å². The number of methoxy groups -OCH3 is 1. The lowest BCUT2D eigenvalue weighted by atomic mass is 10.3. The lowest BCUT2D eigenvalue weighted by Crippen LogP contribution is -2.27. The molecule has 0 atom stereocenters. The van der Waals surface area contributed by atoms with Crippen molar-refractivity contribution < 1.29 is 9.53 Å². The van der Waals surface area contributed by atoms with E-state index in [1.807, 2.05) is 6.92 Å². The van der Waals surface area contributed by atoms with Gasteiger partial charge < -0.3 is 10.1 Å². The molecule has 6 nitrogen and oxygen atoms in total. The number of rotatable bonds is 4. The van der Waals surface area contributed by atoms with Crippen molar-refractivity contribution in [2.24, 2.45) is 0 Å². The van der Waals surface area contributed by atoms with Crippen molar-refractivity contribution in [2.75, 3.05) is 17.7 Å². The maximum Gasteiger partial charge on any atom is 0.285 e. The van der Waals surface area contributed by atoms with E-state index in [9.17, 15) is 4.79 Å². The average Bonchev–Trinajstić information content (AvgIpc) is 2.95. The first-order chi connectivity index (χ1) is 10.1. The van der Waals surface area contributed by atoms with Gasteiger partial charge in [-0.25, -0.2) is 0 Å². The van der Waals surface area contributed by atoms with E-state index in [4.69, 9.17) is 17.0 Å². The van der Waals surface area contributed by atoms with Crippen LogP contribution in [-0.4, -0.2) is 28.2 Å². The lowest BCUT2D eigenvalue weighted by molar-refractivity contribution is -0.110. The molecule has 1 amide bonds. The third-order valence-electron chi connectivity index (χ3n) is 2.54. The molecule has 2 aromatic rings. The molecule has 0 fully saturated rings. The maximum atomic E-state index is 11.9. The Bertz CT molecular complexity index is 640. The van der Waals surface area contributed by atoms with Crippen LogP contribution < -0.4 is 15.4 Å². The number of aryl methyl sites for hydroxylation is 1. The first-order valence-corrected chi connectivity index (χ1v) is 7.43. The number of nitrogens with one attached hydrogen (secondary N) is 2. The van der Waals surface area contributed by atoms with E-state index in [0.29, 0.717) is 10.8 Å². The second kappa shape index (κ2) is 7.09. The van der Waals surface area contributed by atoms with Gasteiger partial charge in [0, 0.05) is 5.69 Å². The molecule has 0 saturated heterocycles. The quantitative estimate of drug-likeness (QED) is 0.842. The third kappa shape index (κ3) is 4.20. The molecule has 2 rings (SSSR count). The molecule has 0 bridgehead atoms. The van der Waals surface area contributed by atoms with E-state index < -0.39 is 5.91 Å². The molecule has 1 aromatic heterocycles. The van der Waals surface area contributed by atoms with Gasteiger partial charge in [-0.1, -0.05) is 30.5 Å². The highest BCUT2D eigenvalue weighted by atomic mass is 32.1. The van der Waals surface area contributed by atoms with E-state index in [-0.39, 0.29) is 4.99 Å². The van der Waals surface area contributed by atoms with Crippen LogP contribution in [0.4, 0.5) is 10.8 Å². The molecule has 2 N–H and O–H groups in total. The summed E-state index contributed by atoms with van der Waals surface area (Å²) in [6.07, 6.45) is 0.780. The molecule has 8 heteroatoms. The number of carbonyl (C=O) groups excluding carboxylic acids is 1. The van der Waals surface area contributed by atoms with Gasteiger partial charge in [0.2, 0.25) is 5.13 Å². The number of anilines is 2. The maximum absolute atomic E-state index is 11.9. The highest BCUT2D eigenvalue weighted by Crippen LogP contribution is 2.17. The fourth-order valence-corrected chi connectivity index (χ4v) is 2.31. The van der Waals surface area contributed by atoms with Gasteiger partial charge >= 0.3 is 0 Å². The number of hydrogen-bond acceptors (Lipinski definition) is 6. The van der Waals surface area contributed by atoms with Gasteiger partial charge in [-0.15, -0.1) is 10.2 Å². The predicted octanol–water partition coefficient (Wildman–Crippen LogP) is 2.49. The molecular formula is C13H14N4O2S2. The molecule has 0 unspecified atom stereocenters. The van der Waals surface area contributed by atoms with Gasteiger partial charge in [0.15, 0.2) is 4.99 Å². The van der Waals surface area contributed by atoms with Crippen LogP contribution in [0.3, 0.4) is 0 Å². The number of benzene rings is 1. The van der Waals surface area contributed by atoms with Gasteiger partial charge in [-0.3, -0.25) is 10.1 Å². The largest absolute Gasteiger partial charge is 0.497 e. The number of thiocarbonyl (C=S) groups is 1. The zero-order chi connectivity index (χ0) is 15.2. The van der Waals surface area contributed by atoms with Crippen molar-refractivity contribution in [3.8, 4) is 5.75 Å². The van der Waals surface area contributed by atoms with Gasteiger partial charge in [-0.2, -0.15) is 0 Å². The van der Waals surface area contributed by atoms with Crippen LogP contribution in [0.5, 0.6) is 5.75 Å². The van der Waals surface area contributed by atoms with Crippen LogP contribution >= 0.6 is 23.6 Å². The minimum atomic E-state index is -0.417. The van der Waals surface area contributed by atoms with Crippen molar-refractivity contribution in [3.63, 3.8) is 0 Å². The Hall–Kier alpha value is -2.06. The Balaban J connectivity index is 1.93. The molecule has 0 aliphatic carbocycles. The first-order valence-electron chi connectivity index (χ1n) is 6.21. The number of ether oxygens (including phenoxy) is 1. The van der Waals surface area contributed by atoms with E-state index in [0.717, 1.165) is 17.2 Å². The standard InChI is InChI=1S/C13H14N4O2S2/c1-3-10-16-17-13(21-10)15-11(18)12(20)14-8-4-6-9(19-2)7-5-8/h4-7H,3H2,1-2H3,(H,14,20)(H,15,17,18). The van der Waals surface area contributed by atoms with E-state index in [2.05, 4.69) is 20.8 Å². The van der Waals surface area contributed by atoms with Crippen molar-refractivity contribution in [1.82, 2.24) is 10.2 Å². The fraction of sp³-hybridized carbons (Fsp3) is 0.231. The predicted molar refractivity (Wildman–Crippen MR) is 87.1 cm³/mol. The normalized spacial score (nSPS) is 10.0. The van der Waals surface area contributed by atoms with Gasteiger partial charge in [0.05, 0.1) is 7.11 Å². The molecule has 0 spiro atoms. The van der Waals surface area contributed by atoms with Gasteiger partial charge in [0.1, 0.15) is 10.8 Å². The number of nitrogens with zero attached hydrogens (tertiary/aromatic N) is 2. The molecule has 0 radical (unpaired) electrons. The molecule has 21 heavy (non-hydrogen) atoms. The van der Waals surface area contributed by atoms with Gasteiger partial charge in [-0.05, 0) is 30.7 Å². The SMILES string of the molecule is CCc1nnc(NC(=O)C(=S)Nc2ccc(OC)cc2)s1. The summed E-state index contributed by atoms with van der Waals surface area (Å²) in [5.41, 5.74) is 0.711. The Morgan fingerprint density at radius 1 is 1.29 bits per heavy atom. The van der Waals surface area contributed by atoms with Gasteiger partial charge in [0.25, 0.3) is 5.91 Å². The fourth-order valence-electron chi connectivity index (χ4n) is 1.46. The zero-order valence-electron chi connectivity index (χ0n) is 11.5. The van der Waals surface area contributed by atoms with E-state index in [1.54, 1.807) is 31.4 Å². The van der Waals surface area contributed by atoms with Crippen LogP contribution in [0.15, 0.2) is 24.3 Å². The highest BCUT2D eigenvalue weighted by molar-refractivity contribution is 7.82. The van der Waals surface area contributed by atoms with Crippen molar-refractivity contribution in [1.29, 1.82) is 0 Å². The number of amides is 1. The molecule has 0 aliphatic heterocycles. The summed E-state index contributed by atoms with van der Waals surface area (Å²) in [6, 6.07) is 7.11. The number of aromatic nitrogens is 2.